The highest BCUT2D eigenvalue weighted by Crippen LogP contribution is 2.45. The average Bonchev–Trinajstić information content (AvgIpc) is 0.904. The standard InChI is InChI=1S/C87H170O17P2/c1-6-9-12-15-17-19-21-23-25-27-29-31-33-35-37-39-44-48-52-56-61-66-71-85(90)98-77-83(104-87(92)73-68-62-57-53-49-45-40-38-36-34-32-30-28-26-24-22-20-18-16-13-10-7-2)79-102-106(95,96)100-75-81(88)74-99-105(93,94)101-78-82(76-97-84(89)70-65-59-14-11-8-3)103-86(91)72-67-63-58-54-50-46-42-41-43-47-51-55-60-64-69-80(4)5/h80-83,88H,6-79H2,1-5H3,(H,93,94)(H,95,96)/t81-,82+,83+/m0/s1. The van der Waals surface area contributed by atoms with Crippen molar-refractivity contribution < 1.29 is 80.2 Å². The highest BCUT2D eigenvalue weighted by molar-refractivity contribution is 7.47. The van der Waals surface area contributed by atoms with E-state index < -0.39 is 97.5 Å². The maximum atomic E-state index is 13.1. The minimum Gasteiger partial charge on any atom is -0.462 e. The van der Waals surface area contributed by atoms with E-state index in [2.05, 4.69) is 34.6 Å². The van der Waals surface area contributed by atoms with Crippen molar-refractivity contribution in [3.8, 4) is 0 Å². The molecule has 0 aromatic carbocycles. The summed E-state index contributed by atoms with van der Waals surface area (Å²) in [7, 11) is -9.92. The summed E-state index contributed by atoms with van der Waals surface area (Å²) in [5.74, 6) is -1.32. The summed E-state index contributed by atoms with van der Waals surface area (Å²) in [5, 5.41) is 10.6. The Hall–Kier alpha value is -1.94. The fraction of sp³-hybridized carbons (Fsp3) is 0.954. The number of carbonyl (C=O) groups excluding carboxylic acids is 4. The highest BCUT2D eigenvalue weighted by Gasteiger charge is 2.30. The molecule has 630 valence electrons. The predicted molar refractivity (Wildman–Crippen MR) is 437 cm³/mol. The van der Waals surface area contributed by atoms with Crippen LogP contribution in [0.1, 0.15) is 471 Å². The molecule has 0 aliphatic carbocycles. The third-order valence-corrected chi connectivity index (χ3v) is 22.4. The summed E-state index contributed by atoms with van der Waals surface area (Å²) in [6.45, 7) is 7.29. The van der Waals surface area contributed by atoms with Gasteiger partial charge in [0.15, 0.2) is 12.2 Å². The molecule has 3 N–H and O–H groups in total. The Balaban J connectivity index is 5.09. The van der Waals surface area contributed by atoms with E-state index in [1.807, 2.05) is 0 Å². The molecule has 17 nitrogen and oxygen atoms in total. The number of phosphoric ester groups is 2. The van der Waals surface area contributed by atoms with E-state index in [1.165, 1.54) is 289 Å². The van der Waals surface area contributed by atoms with Crippen LogP contribution in [0.2, 0.25) is 0 Å². The highest BCUT2D eigenvalue weighted by atomic mass is 31.2. The number of carbonyl (C=O) groups is 4. The summed E-state index contributed by atoms with van der Waals surface area (Å²) < 4.78 is 68.7. The molecule has 0 amide bonds. The second-order valence-corrected chi connectivity index (χ2v) is 34.7. The summed E-state index contributed by atoms with van der Waals surface area (Å²) in [5.41, 5.74) is 0. The van der Waals surface area contributed by atoms with Crippen LogP contribution in [-0.4, -0.2) is 96.7 Å². The van der Waals surface area contributed by atoms with E-state index in [-0.39, 0.29) is 25.7 Å². The Bertz CT molecular complexity index is 2010. The van der Waals surface area contributed by atoms with Crippen molar-refractivity contribution in [3.63, 3.8) is 0 Å². The van der Waals surface area contributed by atoms with Crippen LogP contribution >= 0.6 is 15.6 Å². The van der Waals surface area contributed by atoms with Gasteiger partial charge in [-0.2, -0.15) is 0 Å². The Labute approximate surface area is 651 Å². The number of hydrogen-bond acceptors (Lipinski definition) is 15. The van der Waals surface area contributed by atoms with Gasteiger partial charge >= 0.3 is 39.5 Å². The normalized spacial score (nSPS) is 13.7. The number of aliphatic hydroxyl groups excluding tert-OH is 1. The first-order valence-corrected chi connectivity index (χ1v) is 48.1. The summed E-state index contributed by atoms with van der Waals surface area (Å²) in [6, 6.07) is 0. The van der Waals surface area contributed by atoms with E-state index in [0.29, 0.717) is 25.7 Å². The first kappa shape index (κ1) is 104. The van der Waals surface area contributed by atoms with Crippen molar-refractivity contribution in [1.82, 2.24) is 0 Å². The molecule has 0 heterocycles. The van der Waals surface area contributed by atoms with Gasteiger partial charge in [0.25, 0.3) is 0 Å². The van der Waals surface area contributed by atoms with Gasteiger partial charge in [-0.1, -0.05) is 420 Å². The van der Waals surface area contributed by atoms with Gasteiger partial charge in [0.1, 0.15) is 19.3 Å². The molecule has 0 aliphatic heterocycles. The average molecular weight is 1550 g/mol. The summed E-state index contributed by atoms with van der Waals surface area (Å²) in [6.07, 6.45) is 74.4. The SMILES string of the molecule is CCCCCCCCCCCCCCCCCCCCCCCCC(=O)OC[C@H](COP(=O)(O)OC[C@@H](O)COP(=O)(O)OC[C@@H](COC(=O)CCCCCCC)OC(=O)CCCCCCCCCCCCCCCCC(C)C)OC(=O)CCCCCCCCCCCCCCCCCCCCCCCC. The van der Waals surface area contributed by atoms with E-state index in [1.54, 1.807) is 0 Å². The second kappa shape index (κ2) is 79.7. The lowest BCUT2D eigenvalue weighted by atomic mass is 10.0. The van der Waals surface area contributed by atoms with Gasteiger partial charge in [-0.15, -0.1) is 0 Å². The quantitative estimate of drug-likeness (QED) is 0.0222. The topological polar surface area (TPSA) is 237 Å². The van der Waals surface area contributed by atoms with Gasteiger partial charge in [0.2, 0.25) is 0 Å². The molecule has 5 atom stereocenters. The number of hydrogen-bond donors (Lipinski definition) is 3. The smallest absolute Gasteiger partial charge is 0.462 e. The van der Waals surface area contributed by atoms with Gasteiger partial charge in [-0.25, -0.2) is 9.13 Å². The molecule has 0 rings (SSSR count). The lowest BCUT2D eigenvalue weighted by Crippen LogP contribution is -2.30. The van der Waals surface area contributed by atoms with E-state index in [0.717, 1.165) is 102 Å². The number of aliphatic hydroxyl groups is 1. The lowest BCUT2D eigenvalue weighted by molar-refractivity contribution is -0.161. The van der Waals surface area contributed by atoms with Crippen LogP contribution in [0.5, 0.6) is 0 Å². The van der Waals surface area contributed by atoms with Gasteiger partial charge in [-0.05, 0) is 31.6 Å². The largest absolute Gasteiger partial charge is 0.472 e. The van der Waals surface area contributed by atoms with Crippen molar-refractivity contribution in [3.05, 3.63) is 0 Å². The molecular formula is C87H170O17P2. The van der Waals surface area contributed by atoms with Crippen molar-refractivity contribution in [2.24, 2.45) is 5.92 Å². The first-order valence-electron chi connectivity index (χ1n) is 45.1. The lowest BCUT2D eigenvalue weighted by Gasteiger charge is -2.21. The van der Waals surface area contributed by atoms with Crippen molar-refractivity contribution in [2.45, 2.75) is 490 Å². The van der Waals surface area contributed by atoms with Gasteiger partial charge in [-0.3, -0.25) is 37.3 Å². The van der Waals surface area contributed by atoms with Crippen LogP contribution in [0, 0.1) is 5.92 Å². The van der Waals surface area contributed by atoms with Crippen LogP contribution in [0.4, 0.5) is 0 Å². The Morgan fingerprint density at radius 3 is 0.642 bits per heavy atom. The van der Waals surface area contributed by atoms with Gasteiger partial charge < -0.3 is 33.8 Å². The van der Waals surface area contributed by atoms with Crippen LogP contribution in [0.15, 0.2) is 0 Å². The molecule has 0 saturated carbocycles. The van der Waals surface area contributed by atoms with Crippen LogP contribution < -0.4 is 0 Å². The van der Waals surface area contributed by atoms with Gasteiger partial charge in [0, 0.05) is 25.7 Å². The molecule has 19 heteroatoms. The van der Waals surface area contributed by atoms with Crippen molar-refractivity contribution >= 4 is 39.5 Å². The molecule has 0 spiro atoms. The Kier molecular flexibility index (Phi) is 78.2. The molecule has 2 unspecified atom stereocenters. The first-order chi connectivity index (χ1) is 51.5. The molecule has 0 fully saturated rings. The number of phosphoric acid groups is 2. The molecule has 0 bridgehead atoms. The maximum Gasteiger partial charge on any atom is 0.472 e. The van der Waals surface area contributed by atoms with Crippen LogP contribution in [0.3, 0.4) is 0 Å². The number of ether oxygens (including phenoxy) is 4. The minimum absolute atomic E-state index is 0.107. The molecule has 0 aromatic rings. The predicted octanol–water partition coefficient (Wildman–Crippen LogP) is 26.8. The zero-order valence-electron chi connectivity index (χ0n) is 69.6. The van der Waals surface area contributed by atoms with Crippen LogP contribution in [-0.2, 0) is 65.4 Å². The molecule has 0 aromatic heterocycles. The minimum atomic E-state index is -4.96. The Morgan fingerprint density at radius 1 is 0.255 bits per heavy atom. The zero-order valence-corrected chi connectivity index (χ0v) is 71.4. The third kappa shape index (κ3) is 80.1. The Morgan fingerprint density at radius 2 is 0.434 bits per heavy atom. The van der Waals surface area contributed by atoms with E-state index >= 15 is 0 Å². The zero-order chi connectivity index (χ0) is 77.6. The number of unbranched alkanes of at least 4 members (excludes halogenated alkanes) is 59. The van der Waals surface area contributed by atoms with E-state index in [4.69, 9.17) is 37.0 Å². The molecule has 0 saturated heterocycles. The summed E-state index contributed by atoms with van der Waals surface area (Å²) in [4.78, 5) is 72.9. The number of esters is 4. The summed E-state index contributed by atoms with van der Waals surface area (Å²) >= 11 is 0. The monoisotopic (exact) mass is 1550 g/mol. The van der Waals surface area contributed by atoms with Crippen molar-refractivity contribution in [1.29, 1.82) is 0 Å². The fourth-order valence-corrected chi connectivity index (χ4v) is 15.2. The molecular weight excluding hydrogens is 1380 g/mol. The van der Waals surface area contributed by atoms with E-state index in [9.17, 15) is 43.2 Å². The molecule has 0 aliphatic rings. The number of rotatable bonds is 87. The fourth-order valence-electron chi connectivity index (χ4n) is 13.6. The molecule has 106 heavy (non-hydrogen) atoms. The third-order valence-electron chi connectivity index (χ3n) is 20.5. The molecule has 0 radical (unpaired) electrons. The maximum absolute atomic E-state index is 13.1. The second-order valence-electron chi connectivity index (χ2n) is 31.8. The van der Waals surface area contributed by atoms with Crippen LogP contribution in [0.25, 0.3) is 0 Å². The van der Waals surface area contributed by atoms with Gasteiger partial charge in [0.05, 0.1) is 26.4 Å². The van der Waals surface area contributed by atoms with Crippen molar-refractivity contribution in [2.75, 3.05) is 39.6 Å².